The molecule has 1 heterocycles. The Morgan fingerprint density at radius 1 is 1.33 bits per heavy atom. The molecule has 0 radical (unpaired) electrons. The third-order valence-corrected chi connectivity index (χ3v) is 3.78. The van der Waals surface area contributed by atoms with Gasteiger partial charge in [0.2, 0.25) is 0 Å². The summed E-state index contributed by atoms with van der Waals surface area (Å²) >= 11 is 0. The molecule has 0 aliphatic heterocycles. The van der Waals surface area contributed by atoms with E-state index in [9.17, 15) is 9.59 Å². The summed E-state index contributed by atoms with van der Waals surface area (Å²) in [6.45, 7) is 5.56. The molecular formula is C18H21NO5. The average molecular weight is 331 g/mol. The quantitative estimate of drug-likeness (QED) is 0.847. The van der Waals surface area contributed by atoms with Crippen LogP contribution < -0.4 is 10.1 Å². The number of amides is 1. The number of rotatable bonds is 6. The van der Waals surface area contributed by atoms with E-state index in [0.717, 1.165) is 11.1 Å². The monoisotopic (exact) mass is 331 g/mol. The molecule has 0 spiro atoms. The first-order valence-electron chi connectivity index (χ1n) is 7.68. The molecule has 0 saturated heterocycles. The van der Waals surface area contributed by atoms with Crippen molar-refractivity contribution < 1.29 is 23.8 Å². The number of hydrogen-bond donors (Lipinski definition) is 2. The van der Waals surface area contributed by atoms with E-state index in [1.807, 2.05) is 32.0 Å². The van der Waals surface area contributed by atoms with Crippen LogP contribution in [0.5, 0.6) is 5.75 Å². The van der Waals surface area contributed by atoms with Gasteiger partial charge in [-0.3, -0.25) is 4.79 Å². The van der Waals surface area contributed by atoms with Gasteiger partial charge in [-0.2, -0.15) is 0 Å². The van der Waals surface area contributed by atoms with Gasteiger partial charge in [0.15, 0.2) is 5.76 Å². The first-order chi connectivity index (χ1) is 11.4. The van der Waals surface area contributed by atoms with Gasteiger partial charge in [0, 0.05) is 18.1 Å². The maximum atomic E-state index is 12.4. The molecule has 1 aromatic heterocycles. The van der Waals surface area contributed by atoms with E-state index < -0.39 is 11.9 Å². The Kier molecular flexibility index (Phi) is 5.28. The number of hydrogen-bond acceptors (Lipinski definition) is 4. The normalized spacial score (nSPS) is 11.8. The van der Waals surface area contributed by atoms with E-state index in [1.165, 1.54) is 6.07 Å². The van der Waals surface area contributed by atoms with Crippen LogP contribution in [-0.2, 0) is 6.42 Å². The molecule has 6 nitrogen and oxygen atoms in total. The molecule has 0 aliphatic rings. The third-order valence-electron chi connectivity index (χ3n) is 3.78. The predicted octanol–water partition coefficient (Wildman–Crippen LogP) is 3.35. The number of furan rings is 1. The lowest BCUT2D eigenvalue weighted by Crippen LogP contribution is -2.26. The van der Waals surface area contributed by atoms with E-state index in [2.05, 4.69) is 5.32 Å². The van der Waals surface area contributed by atoms with Crippen molar-refractivity contribution in [2.24, 2.45) is 0 Å². The van der Waals surface area contributed by atoms with Gasteiger partial charge in [-0.05, 0) is 19.9 Å². The molecule has 2 N–H and O–H groups in total. The number of aryl methyl sites for hydroxylation is 2. The van der Waals surface area contributed by atoms with Gasteiger partial charge in [0.25, 0.3) is 5.91 Å². The number of carbonyl (C=O) groups is 2. The number of methoxy groups -OCH3 is 1. The molecule has 2 aromatic rings. The van der Waals surface area contributed by atoms with Gasteiger partial charge < -0.3 is 19.6 Å². The van der Waals surface area contributed by atoms with Crippen molar-refractivity contribution in [1.29, 1.82) is 0 Å². The summed E-state index contributed by atoms with van der Waals surface area (Å²) in [5.41, 5.74) is 1.90. The number of benzene rings is 1. The van der Waals surface area contributed by atoms with Crippen molar-refractivity contribution in [1.82, 2.24) is 5.32 Å². The Bertz CT molecular complexity index is 763. The number of carbonyl (C=O) groups excluding carboxylic acids is 1. The van der Waals surface area contributed by atoms with E-state index >= 15 is 0 Å². The van der Waals surface area contributed by atoms with Crippen molar-refractivity contribution in [3.8, 4) is 5.75 Å². The zero-order valence-electron chi connectivity index (χ0n) is 14.2. The minimum atomic E-state index is -1.11. The lowest BCUT2D eigenvalue weighted by Gasteiger charge is -2.17. The molecule has 0 bridgehead atoms. The predicted molar refractivity (Wildman–Crippen MR) is 88.7 cm³/mol. The highest BCUT2D eigenvalue weighted by Gasteiger charge is 2.22. The highest BCUT2D eigenvalue weighted by molar-refractivity contribution is 5.96. The number of ether oxygens (including phenoxy) is 1. The van der Waals surface area contributed by atoms with E-state index in [-0.39, 0.29) is 23.1 Å². The summed E-state index contributed by atoms with van der Waals surface area (Å²) in [4.78, 5) is 23.6. The fourth-order valence-electron chi connectivity index (χ4n) is 2.52. The Morgan fingerprint density at radius 2 is 2.04 bits per heavy atom. The Morgan fingerprint density at radius 3 is 2.58 bits per heavy atom. The van der Waals surface area contributed by atoms with Crippen LogP contribution in [0.4, 0.5) is 0 Å². The number of aromatic carboxylic acids is 1. The van der Waals surface area contributed by atoms with Crippen molar-refractivity contribution >= 4 is 11.9 Å². The number of nitrogens with one attached hydrogen (secondary N) is 1. The second kappa shape index (κ2) is 7.21. The molecule has 1 aromatic carbocycles. The molecule has 0 fully saturated rings. The number of carboxylic acids is 1. The Labute approximate surface area is 140 Å². The van der Waals surface area contributed by atoms with Crippen LogP contribution in [0.1, 0.15) is 57.7 Å². The Balaban J connectivity index is 2.23. The zero-order chi connectivity index (χ0) is 17.9. The van der Waals surface area contributed by atoms with E-state index in [1.54, 1.807) is 14.0 Å². The SMILES string of the molecule is CCc1oc(C(=O)NC(C)c2cc(C)ccc2OC)cc1C(=O)O. The molecule has 1 unspecified atom stereocenters. The fourth-order valence-corrected chi connectivity index (χ4v) is 2.52. The van der Waals surface area contributed by atoms with Crippen LogP contribution in [0.25, 0.3) is 0 Å². The van der Waals surface area contributed by atoms with Gasteiger partial charge in [0.05, 0.1) is 13.2 Å². The highest BCUT2D eigenvalue weighted by Crippen LogP contribution is 2.26. The second-order valence-corrected chi connectivity index (χ2v) is 5.55. The largest absolute Gasteiger partial charge is 0.496 e. The van der Waals surface area contributed by atoms with Crippen molar-refractivity contribution in [3.63, 3.8) is 0 Å². The van der Waals surface area contributed by atoms with Crippen LogP contribution >= 0.6 is 0 Å². The lowest BCUT2D eigenvalue weighted by atomic mass is 10.0. The molecule has 0 saturated carbocycles. The summed E-state index contributed by atoms with van der Waals surface area (Å²) in [5.74, 6) is -0.624. The first-order valence-corrected chi connectivity index (χ1v) is 7.68. The average Bonchev–Trinajstić information content (AvgIpc) is 2.99. The van der Waals surface area contributed by atoms with Gasteiger partial charge in [-0.1, -0.05) is 24.6 Å². The summed E-state index contributed by atoms with van der Waals surface area (Å²) in [5, 5.41) is 12.0. The molecule has 1 atom stereocenters. The third kappa shape index (κ3) is 3.59. The van der Waals surface area contributed by atoms with Crippen molar-refractivity contribution in [2.75, 3.05) is 7.11 Å². The van der Waals surface area contributed by atoms with E-state index in [4.69, 9.17) is 14.3 Å². The highest BCUT2D eigenvalue weighted by atomic mass is 16.5. The Hall–Kier alpha value is -2.76. The van der Waals surface area contributed by atoms with Crippen LogP contribution in [-0.4, -0.2) is 24.1 Å². The fraction of sp³-hybridized carbons (Fsp3) is 0.333. The molecule has 0 aliphatic carbocycles. The topological polar surface area (TPSA) is 88.8 Å². The smallest absolute Gasteiger partial charge is 0.339 e. The summed E-state index contributed by atoms with van der Waals surface area (Å²) in [7, 11) is 1.57. The van der Waals surface area contributed by atoms with Crippen LogP contribution in [0.3, 0.4) is 0 Å². The summed E-state index contributed by atoms with van der Waals surface area (Å²) in [6, 6.07) is 6.65. The van der Waals surface area contributed by atoms with Crippen molar-refractivity contribution in [3.05, 3.63) is 52.5 Å². The second-order valence-electron chi connectivity index (χ2n) is 5.55. The van der Waals surface area contributed by atoms with Gasteiger partial charge >= 0.3 is 5.97 Å². The van der Waals surface area contributed by atoms with Gasteiger partial charge in [-0.25, -0.2) is 4.79 Å². The molecule has 128 valence electrons. The molecule has 1 amide bonds. The zero-order valence-corrected chi connectivity index (χ0v) is 14.2. The standard InChI is InChI=1S/C18H21NO5/c1-5-14-13(18(21)22)9-16(24-14)17(20)19-11(3)12-8-10(2)6-7-15(12)23-4/h6-9,11H,5H2,1-4H3,(H,19,20)(H,21,22). The van der Waals surface area contributed by atoms with Crippen LogP contribution in [0, 0.1) is 6.92 Å². The van der Waals surface area contributed by atoms with Crippen LogP contribution in [0.15, 0.2) is 28.7 Å². The minimum absolute atomic E-state index is 0.0114. The first kappa shape index (κ1) is 17.6. The summed E-state index contributed by atoms with van der Waals surface area (Å²) < 4.78 is 10.7. The minimum Gasteiger partial charge on any atom is -0.496 e. The number of carboxylic acid groups (broad SMARTS) is 1. The molecular weight excluding hydrogens is 310 g/mol. The molecule has 6 heteroatoms. The van der Waals surface area contributed by atoms with Gasteiger partial charge in [0.1, 0.15) is 17.1 Å². The maximum Gasteiger partial charge on any atom is 0.339 e. The summed E-state index contributed by atoms with van der Waals surface area (Å²) in [6.07, 6.45) is 0.399. The molecule has 2 rings (SSSR count). The van der Waals surface area contributed by atoms with Crippen molar-refractivity contribution in [2.45, 2.75) is 33.2 Å². The van der Waals surface area contributed by atoms with Gasteiger partial charge in [-0.15, -0.1) is 0 Å². The maximum absolute atomic E-state index is 12.4. The van der Waals surface area contributed by atoms with E-state index in [0.29, 0.717) is 12.2 Å². The van der Waals surface area contributed by atoms with Crippen LogP contribution in [0.2, 0.25) is 0 Å². The lowest BCUT2D eigenvalue weighted by molar-refractivity contribution is 0.0694. The molecule has 24 heavy (non-hydrogen) atoms.